The second-order valence-corrected chi connectivity index (χ2v) is 10.4. The summed E-state index contributed by atoms with van der Waals surface area (Å²) in [5.41, 5.74) is -0.765. The van der Waals surface area contributed by atoms with E-state index >= 15 is 0 Å². The third-order valence-corrected chi connectivity index (χ3v) is 6.59. The zero-order valence-electron chi connectivity index (χ0n) is 14.7. The van der Waals surface area contributed by atoms with E-state index in [0.29, 0.717) is 9.21 Å². The summed E-state index contributed by atoms with van der Waals surface area (Å²) >= 11 is 12.8. The maximum absolute atomic E-state index is 12.5. The number of rotatable bonds is 6. The summed E-state index contributed by atoms with van der Waals surface area (Å²) in [6.45, 7) is 4.55. The number of hydrogen-bond acceptors (Lipinski definition) is 6. The molecule has 10 heteroatoms. The molecule has 0 bridgehead atoms. The Bertz CT molecular complexity index is 977. The number of benzene rings is 1. The topological polar surface area (TPSA) is 89.5 Å². The number of Topliss-reactive ketones (excluding diaryl/α,β-unsaturated/α-hetero) is 1. The Morgan fingerprint density at radius 1 is 1.15 bits per heavy atom. The number of ether oxygens (including phenoxy) is 1. The zero-order chi connectivity index (χ0) is 20.4. The van der Waals surface area contributed by atoms with Gasteiger partial charge in [0.2, 0.25) is 15.8 Å². The molecular weight excluding hydrogens is 433 g/mol. The Hall–Kier alpha value is -1.45. The van der Waals surface area contributed by atoms with Crippen LogP contribution >= 0.6 is 34.5 Å². The fraction of sp³-hybridized carbons (Fsp3) is 0.294. The highest BCUT2D eigenvalue weighted by Gasteiger charge is 2.25. The summed E-state index contributed by atoms with van der Waals surface area (Å²) < 4.78 is 32.9. The van der Waals surface area contributed by atoms with Crippen molar-refractivity contribution in [1.82, 2.24) is 4.72 Å². The number of sulfonamides is 1. The van der Waals surface area contributed by atoms with E-state index in [-0.39, 0.29) is 15.5 Å². The van der Waals surface area contributed by atoms with Gasteiger partial charge in [-0.05, 0) is 51.1 Å². The summed E-state index contributed by atoms with van der Waals surface area (Å²) in [6, 6.07) is 6.84. The Labute approximate surface area is 171 Å². The molecule has 0 radical (unpaired) electrons. The van der Waals surface area contributed by atoms with Gasteiger partial charge in [0.25, 0.3) is 0 Å². The van der Waals surface area contributed by atoms with Crippen LogP contribution in [0.5, 0.6) is 0 Å². The molecule has 0 amide bonds. The molecular formula is C17H17Cl2NO5S2. The predicted molar refractivity (Wildman–Crippen MR) is 105 cm³/mol. The lowest BCUT2D eigenvalue weighted by molar-refractivity contribution is 0.0475. The van der Waals surface area contributed by atoms with Crippen molar-refractivity contribution in [1.29, 1.82) is 0 Å². The van der Waals surface area contributed by atoms with Crippen molar-refractivity contribution >= 4 is 56.3 Å². The fourth-order valence-corrected chi connectivity index (χ4v) is 4.96. The van der Waals surface area contributed by atoms with Crippen molar-refractivity contribution in [3.63, 3.8) is 0 Å². The number of esters is 1. The van der Waals surface area contributed by atoms with Crippen molar-refractivity contribution in [2.75, 3.05) is 6.61 Å². The highest BCUT2D eigenvalue weighted by Crippen LogP contribution is 2.25. The van der Waals surface area contributed by atoms with Crippen LogP contribution in [0.2, 0.25) is 9.36 Å². The molecule has 1 heterocycles. The maximum atomic E-state index is 12.5. The maximum Gasteiger partial charge on any atom is 0.338 e. The number of halogens is 2. The molecule has 0 saturated heterocycles. The van der Waals surface area contributed by atoms with Crippen LogP contribution in [-0.4, -0.2) is 32.3 Å². The number of nitrogens with one attached hydrogen (secondary N) is 1. The summed E-state index contributed by atoms with van der Waals surface area (Å²) in [6.07, 6.45) is 0. The van der Waals surface area contributed by atoms with Crippen LogP contribution < -0.4 is 4.72 Å². The van der Waals surface area contributed by atoms with E-state index in [4.69, 9.17) is 27.9 Å². The van der Waals surface area contributed by atoms with Crippen LogP contribution in [-0.2, 0) is 14.8 Å². The molecule has 0 aliphatic rings. The lowest BCUT2D eigenvalue weighted by Crippen LogP contribution is -2.40. The molecule has 146 valence electrons. The third kappa shape index (κ3) is 6.02. The van der Waals surface area contributed by atoms with Gasteiger partial charge in [-0.3, -0.25) is 4.79 Å². The molecule has 0 unspecified atom stereocenters. The van der Waals surface area contributed by atoms with E-state index in [9.17, 15) is 18.0 Å². The van der Waals surface area contributed by atoms with Crippen LogP contribution in [0.25, 0.3) is 0 Å². The second-order valence-electron chi connectivity index (χ2n) is 6.60. The van der Waals surface area contributed by atoms with Gasteiger partial charge in [-0.15, -0.1) is 11.3 Å². The van der Waals surface area contributed by atoms with Crippen molar-refractivity contribution in [3.8, 4) is 0 Å². The molecule has 1 aromatic carbocycles. The van der Waals surface area contributed by atoms with Crippen molar-refractivity contribution in [2.45, 2.75) is 31.2 Å². The quantitative estimate of drug-likeness (QED) is 0.527. The summed E-state index contributed by atoms with van der Waals surface area (Å²) in [4.78, 5) is 24.3. The average molecular weight is 450 g/mol. The Morgan fingerprint density at radius 2 is 1.81 bits per heavy atom. The van der Waals surface area contributed by atoms with E-state index in [1.165, 1.54) is 18.2 Å². The third-order valence-electron chi connectivity index (χ3n) is 3.08. The van der Waals surface area contributed by atoms with Gasteiger partial charge in [-0.1, -0.05) is 23.2 Å². The van der Waals surface area contributed by atoms with E-state index in [1.54, 1.807) is 26.8 Å². The highest BCUT2D eigenvalue weighted by atomic mass is 35.5. The first-order valence-corrected chi connectivity index (χ1v) is 10.7. The molecule has 1 aromatic heterocycles. The lowest BCUT2D eigenvalue weighted by Gasteiger charge is -2.21. The van der Waals surface area contributed by atoms with Crippen LogP contribution in [0.4, 0.5) is 0 Å². The normalized spacial score (nSPS) is 12.0. The number of thiophene rings is 1. The summed E-state index contributed by atoms with van der Waals surface area (Å²) in [5, 5.41) is -0.0346. The monoisotopic (exact) mass is 449 g/mol. The first-order chi connectivity index (χ1) is 12.4. The molecule has 0 aliphatic carbocycles. The van der Waals surface area contributed by atoms with Crippen molar-refractivity contribution < 1.29 is 22.7 Å². The molecule has 0 atom stereocenters. The Morgan fingerprint density at radius 3 is 2.37 bits per heavy atom. The molecule has 27 heavy (non-hydrogen) atoms. The Kier molecular flexibility index (Phi) is 6.70. The molecule has 0 spiro atoms. The van der Waals surface area contributed by atoms with Gasteiger partial charge in [0.15, 0.2) is 6.61 Å². The number of ketones is 1. The van der Waals surface area contributed by atoms with Gasteiger partial charge in [0.05, 0.1) is 19.8 Å². The first kappa shape index (κ1) is 21.8. The number of carbonyl (C=O) groups excluding carboxylic acids is 2. The van der Waals surface area contributed by atoms with Gasteiger partial charge in [-0.25, -0.2) is 17.9 Å². The van der Waals surface area contributed by atoms with Crippen molar-refractivity contribution in [3.05, 3.63) is 50.1 Å². The van der Waals surface area contributed by atoms with E-state index in [1.807, 2.05) is 0 Å². The van der Waals surface area contributed by atoms with Crippen molar-refractivity contribution in [2.24, 2.45) is 0 Å². The average Bonchev–Trinajstić information content (AvgIpc) is 2.96. The molecule has 0 fully saturated rings. The van der Waals surface area contributed by atoms with E-state index in [0.717, 1.165) is 17.4 Å². The number of hydrogen-bond donors (Lipinski definition) is 1. The van der Waals surface area contributed by atoms with Crippen LogP contribution in [0.15, 0.2) is 35.2 Å². The van der Waals surface area contributed by atoms with Crippen LogP contribution in [0.3, 0.4) is 0 Å². The van der Waals surface area contributed by atoms with Gasteiger partial charge in [0.1, 0.15) is 4.90 Å². The van der Waals surface area contributed by atoms with E-state index in [2.05, 4.69) is 4.72 Å². The van der Waals surface area contributed by atoms with Gasteiger partial charge in [0, 0.05) is 5.54 Å². The predicted octanol–water partition coefficient (Wildman–Crippen LogP) is 4.17. The molecule has 1 N–H and O–H groups in total. The molecule has 6 nitrogen and oxygen atoms in total. The molecule has 2 rings (SSSR count). The van der Waals surface area contributed by atoms with E-state index < -0.39 is 33.9 Å². The highest BCUT2D eigenvalue weighted by molar-refractivity contribution is 7.89. The molecule has 0 saturated carbocycles. The minimum atomic E-state index is -3.95. The minimum Gasteiger partial charge on any atom is -0.454 e. The zero-order valence-corrected chi connectivity index (χ0v) is 17.9. The lowest BCUT2D eigenvalue weighted by atomic mass is 10.1. The second kappa shape index (κ2) is 8.28. The largest absolute Gasteiger partial charge is 0.454 e. The summed E-state index contributed by atoms with van der Waals surface area (Å²) in [5.74, 6) is -1.24. The van der Waals surface area contributed by atoms with Crippen LogP contribution in [0, 0.1) is 0 Å². The molecule has 0 aliphatic heterocycles. The smallest absolute Gasteiger partial charge is 0.338 e. The van der Waals surface area contributed by atoms with Gasteiger partial charge in [-0.2, -0.15) is 0 Å². The summed E-state index contributed by atoms with van der Waals surface area (Å²) in [7, 11) is -3.95. The minimum absolute atomic E-state index is 0.0346. The fourth-order valence-electron chi connectivity index (χ4n) is 2.04. The SMILES string of the molecule is CC(C)(C)NS(=O)(=O)c1cc(C(=O)OCC(=O)c2ccc(Cl)s2)ccc1Cl. The van der Waals surface area contributed by atoms with Gasteiger partial charge >= 0.3 is 5.97 Å². The standard InChI is InChI=1S/C17H17Cl2NO5S2/c1-17(2,3)20-27(23,24)14-8-10(4-5-11(14)18)16(22)25-9-12(21)13-6-7-15(19)26-13/h4-8,20H,9H2,1-3H3. The molecule has 2 aromatic rings. The first-order valence-electron chi connectivity index (χ1n) is 7.68. The van der Waals surface area contributed by atoms with Crippen LogP contribution in [0.1, 0.15) is 40.8 Å². The van der Waals surface area contributed by atoms with Gasteiger partial charge < -0.3 is 4.74 Å². The number of carbonyl (C=O) groups is 2. The Balaban J connectivity index is 2.17.